The molecule has 0 aliphatic heterocycles. The highest BCUT2D eigenvalue weighted by atomic mass is 16.5. The number of ether oxygens (including phenoxy) is 1. The number of hydrogen-bond acceptors (Lipinski definition) is 6. The first-order chi connectivity index (χ1) is 12.5. The lowest BCUT2D eigenvalue weighted by atomic mass is 10.0. The van der Waals surface area contributed by atoms with E-state index in [4.69, 9.17) is 9.15 Å². The Kier molecular flexibility index (Phi) is 4.97. The van der Waals surface area contributed by atoms with Crippen LogP contribution in [0.2, 0.25) is 0 Å². The van der Waals surface area contributed by atoms with Crippen LogP contribution in [0.1, 0.15) is 25.0 Å². The molecule has 2 heterocycles. The zero-order valence-electron chi connectivity index (χ0n) is 14.8. The lowest BCUT2D eigenvalue weighted by Gasteiger charge is -2.17. The number of nitrogens with zero attached hydrogens (tertiary/aromatic N) is 2. The molecule has 0 bridgehead atoms. The minimum absolute atomic E-state index is 0.349. The smallest absolute Gasteiger partial charge is 0.336 e. The highest BCUT2D eigenvalue weighted by Gasteiger charge is 2.19. The molecule has 1 N–H and O–H groups in total. The molecular weight excluding hydrogens is 334 g/mol. The Labute approximate surface area is 150 Å². The number of fused-ring (bicyclic) bond motifs is 1. The minimum atomic E-state index is -0.779. The molecule has 7 heteroatoms. The molecule has 7 nitrogen and oxygen atoms in total. The van der Waals surface area contributed by atoms with Gasteiger partial charge in [0.25, 0.3) is 5.91 Å². The van der Waals surface area contributed by atoms with Crippen molar-refractivity contribution in [2.45, 2.75) is 33.3 Å². The van der Waals surface area contributed by atoms with Crippen molar-refractivity contribution in [1.82, 2.24) is 10.2 Å². The quantitative estimate of drug-likeness (QED) is 0.709. The predicted octanol–water partition coefficient (Wildman–Crippen LogP) is 2.86. The van der Waals surface area contributed by atoms with E-state index < -0.39 is 11.7 Å². The topological polar surface area (TPSA) is 94.3 Å². The number of aryl methyl sites for hydroxylation is 2. The van der Waals surface area contributed by atoms with Crippen molar-refractivity contribution < 1.29 is 13.9 Å². The third-order valence-electron chi connectivity index (χ3n) is 3.91. The molecule has 0 saturated heterocycles. The molecule has 2 aromatic heterocycles. The van der Waals surface area contributed by atoms with E-state index in [1.54, 1.807) is 25.1 Å². The van der Waals surface area contributed by atoms with E-state index >= 15 is 0 Å². The Morgan fingerprint density at radius 3 is 2.85 bits per heavy atom. The van der Waals surface area contributed by atoms with Crippen molar-refractivity contribution in [3.8, 4) is 5.75 Å². The zero-order valence-corrected chi connectivity index (χ0v) is 14.8. The van der Waals surface area contributed by atoms with Crippen LogP contribution >= 0.6 is 0 Å². The van der Waals surface area contributed by atoms with Gasteiger partial charge in [-0.3, -0.25) is 4.79 Å². The molecule has 1 amide bonds. The number of carbonyl (C=O) groups excluding carboxylic acids is 1. The molecule has 3 aromatic rings. The Balaban J connectivity index is 1.92. The Hall–Kier alpha value is -3.22. The first-order valence-electron chi connectivity index (χ1n) is 8.30. The highest BCUT2D eigenvalue weighted by molar-refractivity contribution is 5.94. The van der Waals surface area contributed by atoms with Gasteiger partial charge >= 0.3 is 5.63 Å². The molecule has 0 fully saturated rings. The highest BCUT2D eigenvalue weighted by Crippen LogP contribution is 2.31. The van der Waals surface area contributed by atoms with E-state index in [1.165, 1.54) is 12.3 Å². The van der Waals surface area contributed by atoms with Crippen molar-refractivity contribution in [3.63, 3.8) is 0 Å². The number of rotatable bonds is 5. The van der Waals surface area contributed by atoms with Crippen molar-refractivity contribution in [3.05, 3.63) is 58.1 Å². The maximum atomic E-state index is 12.4. The summed E-state index contributed by atoms with van der Waals surface area (Å²) in [7, 11) is 0. The summed E-state index contributed by atoms with van der Waals surface area (Å²) in [5.41, 5.74) is 1.73. The molecular formula is C19H19N3O4. The van der Waals surface area contributed by atoms with Crippen LogP contribution < -0.4 is 15.7 Å². The number of hydrogen-bond donors (Lipinski definition) is 1. The number of aromatic nitrogens is 2. The molecule has 0 radical (unpaired) electrons. The second kappa shape index (κ2) is 7.35. The number of anilines is 1. The molecule has 1 aromatic carbocycles. The summed E-state index contributed by atoms with van der Waals surface area (Å²) in [5, 5.41) is 10.9. The normalized spacial score (nSPS) is 12.0. The Morgan fingerprint density at radius 2 is 2.15 bits per heavy atom. The Bertz CT molecular complexity index is 999. The minimum Gasteiger partial charge on any atom is -0.480 e. The van der Waals surface area contributed by atoms with Crippen LogP contribution in [0.3, 0.4) is 0 Å². The van der Waals surface area contributed by atoms with Gasteiger partial charge in [0, 0.05) is 12.3 Å². The third kappa shape index (κ3) is 3.72. The van der Waals surface area contributed by atoms with Gasteiger partial charge in [0.1, 0.15) is 11.3 Å². The van der Waals surface area contributed by atoms with Crippen LogP contribution in [-0.4, -0.2) is 22.2 Å². The largest absolute Gasteiger partial charge is 0.480 e. The van der Waals surface area contributed by atoms with Gasteiger partial charge in [-0.05, 0) is 55.7 Å². The predicted molar refractivity (Wildman–Crippen MR) is 97.4 cm³/mol. The van der Waals surface area contributed by atoms with Gasteiger partial charge in [0.2, 0.25) is 0 Å². The van der Waals surface area contributed by atoms with Crippen LogP contribution in [0.15, 0.2) is 45.7 Å². The molecule has 0 aliphatic rings. The fourth-order valence-electron chi connectivity index (χ4n) is 2.68. The molecule has 134 valence electrons. The average molecular weight is 353 g/mol. The number of carbonyl (C=O) groups is 1. The van der Waals surface area contributed by atoms with Crippen LogP contribution in [0.25, 0.3) is 11.0 Å². The zero-order chi connectivity index (χ0) is 18.7. The summed E-state index contributed by atoms with van der Waals surface area (Å²) in [4.78, 5) is 24.1. The van der Waals surface area contributed by atoms with Gasteiger partial charge in [-0.1, -0.05) is 6.92 Å². The van der Waals surface area contributed by atoms with Crippen molar-refractivity contribution in [2.75, 3.05) is 5.32 Å². The second-order valence-electron chi connectivity index (χ2n) is 5.94. The average Bonchev–Trinajstić information content (AvgIpc) is 2.61. The number of benzene rings is 1. The summed E-state index contributed by atoms with van der Waals surface area (Å²) in [5.74, 6) is 0.500. The maximum absolute atomic E-state index is 12.4. The van der Waals surface area contributed by atoms with Gasteiger partial charge in [0.05, 0.1) is 5.39 Å². The molecule has 0 saturated carbocycles. The van der Waals surface area contributed by atoms with E-state index in [0.29, 0.717) is 29.0 Å². The van der Waals surface area contributed by atoms with E-state index in [0.717, 1.165) is 11.1 Å². The first-order valence-corrected chi connectivity index (χ1v) is 8.30. The van der Waals surface area contributed by atoms with Gasteiger partial charge < -0.3 is 14.5 Å². The monoisotopic (exact) mass is 353 g/mol. The molecule has 26 heavy (non-hydrogen) atoms. The third-order valence-corrected chi connectivity index (χ3v) is 3.91. The number of nitrogens with one attached hydrogen (secondary N) is 1. The Morgan fingerprint density at radius 1 is 1.35 bits per heavy atom. The fraction of sp³-hybridized carbons (Fsp3) is 0.263. The molecule has 0 spiro atoms. The SMILES string of the molecule is CCc1cc(=O)oc2cc(C)cc(OC(C)C(=O)Nc3cccnn3)c12. The van der Waals surface area contributed by atoms with E-state index in [-0.39, 0.29) is 5.91 Å². The fourth-order valence-corrected chi connectivity index (χ4v) is 2.68. The maximum Gasteiger partial charge on any atom is 0.336 e. The van der Waals surface area contributed by atoms with Crippen LogP contribution in [-0.2, 0) is 11.2 Å². The summed E-state index contributed by atoms with van der Waals surface area (Å²) in [6.07, 6.45) is 1.38. The molecule has 1 unspecified atom stereocenters. The van der Waals surface area contributed by atoms with Gasteiger partial charge in [-0.2, -0.15) is 5.10 Å². The van der Waals surface area contributed by atoms with Gasteiger partial charge in [-0.25, -0.2) is 4.79 Å². The van der Waals surface area contributed by atoms with E-state index in [9.17, 15) is 9.59 Å². The first kappa shape index (κ1) is 17.6. The van der Waals surface area contributed by atoms with Crippen molar-refractivity contribution in [1.29, 1.82) is 0 Å². The van der Waals surface area contributed by atoms with Gasteiger partial charge in [0.15, 0.2) is 11.9 Å². The number of amides is 1. The molecule has 0 aliphatic carbocycles. The summed E-state index contributed by atoms with van der Waals surface area (Å²) >= 11 is 0. The summed E-state index contributed by atoms with van der Waals surface area (Å²) in [6.45, 7) is 5.46. The van der Waals surface area contributed by atoms with Crippen LogP contribution in [0, 0.1) is 6.92 Å². The van der Waals surface area contributed by atoms with Crippen LogP contribution in [0.5, 0.6) is 5.75 Å². The van der Waals surface area contributed by atoms with Gasteiger partial charge in [-0.15, -0.1) is 5.10 Å². The van der Waals surface area contributed by atoms with Crippen molar-refractivity contribution >= 4 is 22.7 Å². The lowest BCUT2D eigenvalue weighted by Crippen LogP contribution is -2.30. The summed E-state index contributed by atoms with van der Waals surface area (Å²) < 4.78 is 11.2. The lowest BCUT2D eigenvalue weighted by molar-refractivity contribution is -0.122. The van der Waals surface area contributed by atoms with E-state index in [2.05, 4.69) is 15.5 Å². The summed E-state index contributed by atoms with van der Waals surface area (Å²) in [6, 6.07) is 8.39. The van der Waals surface area contributed by atoms with E-state index in [1.807, 2.05) is 19.9 Å². The van der Waals surface area contributed by atoms with Crippen LogP contribution in [0.4, 0.5) is 5.82 Å². The molecule has 1 atom stereocenters. The standard InChI is InChI=1S/C19H19N3O4/c1-4-13-10-17(23)26-15-9-11(2)8-14(18(13)15)25-12(3)19(24)21-16-6-5-7-20-22-16/h5-10,12H,4H2,1-3H3,(H,21,22,24). The molecule has 3 rings (SSSR count). The second-order valence-corrected chi connectivity index (χ2v) is 5.94. The van der Waals surface area contributed by atoms with Crippen molar-refractivity contribution in [2.24, 2.45) is 0 Å².